The van der Waals surface area contributed by atoms with E-state index in [9.17, 15) is 0 Å². The number of halogens is 1. The first kappa shape index (κ1) is 12.0. The zero-order valence-corrected chi connectivity index (χ0v) is 11.2. The lowest BCUT2D eigenvalue weighted by Crippen LogP contribution is -2.24. The van der Waals surface area contributed by atoms with Gasteiger partial charge in [-0.3, -0.25) is 4.90 Å². The Balaban J connectivity index is 1.83. The van der Waals surface area contributed by atoms with Crippen LogP contribution in [-0.2, 0) is 6.54 Å². The largest absolute Gasteiger partial charge is 0.302 e. The second kappa shape index (κ2) is 5.29. The molecule has 1 saturated heterocycles. The Morgan fingerprint density at radius 1 is 1.17 bits per heavy atom. The summed E-state index contributed by atoms with van der Waals surface area (Å²) in [7, 11) is 0. The fraction of sp³-hybridized carbons (Fsp3) is 0.500. The fourth-order valence-electron chi connectivity index (χ4n) is 2.67. The van der Waals surface area contributed by atoms with Gasteiger partial charge in [0.2, 0.25) is 0 Å². The van der Waals surface area contributed by atoms with Crippen molar-refractivity contribution >= 4 is 17.2 Å². The third-order valence-electron chi connectivity index (χ3n) is 3.65. The second-order valence-corrected chi connectivity index (χ2v) is 5.40. The van der Waals surface area contributed by atoms with Crippen molar-refractivity contribution in [3.05, 3.63) is 35.2 Å². The summed E-state index contributed by atoms with van der Waals surface area (Å²) in [6.07, 6.45) is 9.37. The molecule has 0 N–H and O–H groups in total. The van der Waals surface area contributed by atoms with Crippen molar-refractivity contribution in [2.75, 3.05) is 13.1 Å². The molecule has 4 heteroatoms. The van der Waals surface area contributed by atoms with Crippen LogP contribution < -0.4 is 0 Å². The van der Waals surface area contributed by atoms with E-state index in [0.717, 1.165) is 17.2 Å². The average molecular weight is 264 g/mol. The van der Waals surface area contributed by atoms with E-state index in [1.165, 1.54) is 44.5 Å². The van der Waals surface area contributed by atoms with Gasteiger partial charge in [0.25, 0.3) is 0 Å². The molecule has 2 aromatic heterocycles. The molecule has 0 saturated carbocycles. The van der Waals surface area contributed by atoms with E-state index in [0.29, 0.717) is 0 Å². The van der Waals surface area contributed by atoms with Gasteiger partial charge in [-0.25, -0.2) is 4.98 Å². The third-order valence-corrected chi connectivity index (χ3v) is 3.94. The van der Waals surface area contributed by atoms with Gasteiger partial charge in [-0.05, 0) is 38.1 Å². The molecule has 3 rings (SSSR count). The number of rotatable bonds is 2. The van der Waals surface area contributed by atoms with Crippen LogP contribution in [0.2, 0.25) is 5.02 Å². The minimum Gasteiger partial charge on any atom is -0.302 e. The number of aromatic nitrogens is 2. The summed E-state index contributed by atoms with van der Waals surface area (Å²) in [4.78, 5) is 6.94. The van der Waals surface area contributed by atoms with Gasteiger partial charge in [0, 0.05) is 12.7 Å². The Labute approximate surface area is 112 Å². The molecule has 1 fully saturated rings. The number of fused-ring (bicyclic) bond motifs is 1. The number of hydrogen-bond donors (Lipinski definition) is 0. The first-order valence-corrected chi connectivity index (χ1v) is 7.05. The normalized spacial score (nSPS) is 18.1. The smallest absolute Gasteiger partial charge is 0.155 e. The molecule has 96 valence electrons. The quantitative estimate of drug-likeness (QED) is 0.828. The van der Waals surface area contributed by atoms with Crippen LogP contribution in [0, 0.1) is 0 Å². The molecule has 1 aliphatic rings. The summed E-state index contributed by atoms with van der Waals surface area (Å²) in [5.74, 6) is 0. The summed E-state index contributed by atoms with van der Waals surface area (Å²) >= 11 is 6.14. The molecule has 0 aromatic carbocycles. The molecule has 18 heavy (non-hydrogen) atoms. The van der Waals surface area contributed by atoms with E-state index in [-0.39, 0.29) is 0 Å². The van der Waals surface area contributed by atoms with Crippen molar-refractivity contribution < 1.29 is 0 Å². The van der Waals surface area contributed by atoms with Crippen LogP contribution in [-0.4, -0.2) is 27.4 Å². The predicted molar refractivity (Wildman–Crippen MR) is 73.9 cm³/mol. The molecule has 0 unspecified atom stereocenters. The topological polar surface area (TPSA) is 20.5 Å². The van der Waals surface area contributed by atoms with Crippen LogP contribution in [0.25, 0.3) is 5.65 Å². The Morgan fingerprint density at radius 3 is 2.72 bits per heavy atom. The maximum Gasteiger partial charge on any atom is 0.155 e. The minimum atomic E-state index is 0.722. The van der Waals surface area contributed by atoms with E-state index in [4.69, 9.17) is 11.6 Å². The number of nitrogens with zero attached hydrogens (tertiary/aromatic N) is 3. The summed E-state index contributed by atoms with van der Waals surface area (Å²) in [6, 6.07) is 3.86. The van der Waals surface area contributed by atoms with E-state index < -0.39 is 0 Å². The van der Waals surface area contributed by atoms with Gasteiger partial charge in [-0.2, -0.15) is 0 Å². The number of hydrogen-bond acceptors (Lipinski definition) is 2. The second-order valence-electron chi connectivity index (χ2n) is 4.99. The minimum absolute atomic E-state index is 0.722. The zero-order chi connectivity index (χ0) is 12.4. The highest BCUT2D eigenvalue weighted by Crippen LogP contribution is 2.19. The van der Waals surface area contributed by atoms with Crippen LogP contribution in [0.5, 0.6) is 0 Å². The van der Waals surface area contributed by atoms with Gasteiger partial charge in [-0.1, -0.05) is 24.4 Å². The Hall–Kier alpha value is -1.06. The van der Waals surface area contributed by atoms with Crippen LogP contribution in [0.3, 0.4) is 0 Å². The first-order chi connectivity index (χ1) is 8.84. The van der Waals surface area contributed by atoms with E-state index in [1.807, 2.05) is 24.5 Å². The van der Waals surface area contributed by atoms with Crippen molar-refractivity contribution in [3.63, 3.8) is 0 Å². The fourth-order valence-corrected chi connectivity index (χ4v) is 2.88. The zero-order valence-electron chi connectivity index (χ0n) is 10.5. The lowest BCUT2D eigenvalue weighted by atomic mass is 10.2. The van der Waals surface area contributed by atoms with E-state index in [2.05, 4.69) is 14.3 Å². The highest BCUT2D eigenvalue weighted by atomic mass is 35.5. The molecule has 0 radical (unpaired) electrons. The summed E-state index contributed by atoms with van der Waals surface area (Å²) in [5.41, 5.74) is 2.10. The van der Waals surface area contributed by atoms with Gasteiger partial charge in [0.15, 0.2) is 5.65 Å². The lowest BCUT2D eigenvalue weighted by Gasteiger charge is -2.19. The SMILES string of the molecule is Clc1cccn2c(CN3CCCCCC3)cnc12. The van der Waals surface area contributed by atoms with Crippen molar-refractivity contribution in [3.8, 4) is 0 Å². The maximum atomic E-state index is 6.14. The highest BCUT2D eigenvalue weighted by Gasteiger charge is 2.12. The highest BCUT2D eigenvalue weighted by molar-refractivity contribution is 6.33. The molecular formula is C14H18ClN3. The van der Waals surface area contributed by atoms with Gasteiger partial charge in [0.05, 0.1) is 16.9 Å². The summed E-state index contributed by atoms with van der Waals surface area (Å²) in [6.45, 7) is 3.38. The van der Waals surface area contributed by atoms with Gasteiger partial charge in [0.1, 0.15) is 0 Å². The van der Waals surface area contributed by atoms with Gasteiger partial charge >= 0.3 is 0 Å². The Kier molecular flexibility index (Phi) is 3.52. The summed E-state index contributed by atoms with van der Waals surface area (Å²) < 4.78 is 2.10. The molecule has 1 aliphatic heterocycles. The maximum absolute atomic E-state index is 6.14. The Bertz CT molecular complexity index is 527. The van der Waals surface area contributed by atoms with Crippen molar-refractivity contribution in [1.82, 2.24) is 14.3 Å². The third kappa shape index (κ3) is 2.38. The molecule has 3 nitrogen and oxygen atoms in total. The first-order valence-electron chi connectivity index (χ1n) is 6.67. The molecule has 0 bridgehead atoms. The van der Waals surface area contributed by atoms with Crippen molar-refractivity contribution in [1.29, 1.82) is 0 Å². The standard InChI is InChI=1S/C14H18ClN3/c15-13-6-5-9-18-12(10-16-14(13)18)11-17-7-3-1-2-4-8-17/h5-6,9-10H,1-4,7-8,11H2. The molecule has 0 spiro atoms. The summed E-state index contributed by atoms with van der Waals surface area (Å²) in [5, 5.41) is 0.722. The lowest BCUT2D eigenvalue weighted by molar-refractivity contribution is 0.273. The van der Waals surface area contributed by atoms with Crippen LogP contribution in [0.1, 0.15) is 31.4 Å². The molecular weight excluding hydrogens is 246 g/mol. The average Bonchev–Trinajstić information content (AvgIpc) is 2.61. The van der Waals surface area contributed by atoms with E-state index >= 15 is 0 Å². The molecule has 0 atom stereocenters. The molecule has 3 heterocycles. The van der Waals surface area contributed by atoms with Crippen LogP contribution in [0.4, 0.5) is 0 Å². The van der Waals surface area contributed by atoms with Crippen LogP contribution >= 0.6 is 11.6 Å². The number of imidazole rings is 1. The van der Waals surface area contributed by atoms with Gasteiger partial charge < -0.3 is 4.40 Å². The molecule has 2 aromatic rings. The van der Waals surface area contributed by atoms with Gasteiger partial charge in [-0.15, -0.1) is 0 Å². The van der Waals surface area contributed by atoms with Crippen molar-refractivity contribution in [2.24, 2.45) is 0 Å². The van der Waals surface area contributed by atoms with E-state index in [1.54, 1.807) is 0 Å². The Morgan fingerprint density at radius 2 is 1.94 bits per heavy atom. The predicted octanol–water partition coefficient (Wildman–Crippen LogP) is 3.36. The van der Waals surface area contributed by atoms with Crippen molar-refractivity contribution in [2.45, 2.75) is 32.2 Å². The molecule has 0 aliphatic carbocycles. The molecule has 0 amide bonds. The number of likely N-dealkylation sites (tertiary alicyclic amines) is 1. The number of pyridine rings is 1. The monoisotopic (exact) mass is 263 g/mol. The van der Waals surface area contributed by atoms with Crippen LogP contribution in [0.15, 0.2) is 24.5 Å².